The highest BCUT2D eigenvalue weighted by atomic mass is 31.2. The van der Waals surface area contributed by atoms with Gasteiger partial charge in [0.25, 0.3) is 0 Å². The van der Waals surface area contributed by atoms with E-state index in [2.05, 4.69) is 4.52 Å². The van der Waals surface area contributed by atoms with E-state index in [-0.39, 0.29) is 11.5 Å². The summed E-state index contributed by atoms with van der Waals surface area (Å²) in [6.45, 7) is 0. The molecule has 0 aliphatic heterocycles. The molecule has 0 amide bonds. The number of methoxy groups -OCH3 is 1. The summed E-state index contributed by atoms with van der Waals surface area (Å²) < 4.78 is 19.2. The Morgan fingerprint density at radius 2 is 1.77 bits per heavy atom. The minimum Gasteiger partial charge on any atom is -0.780 e. The Labute approximate surface area is 75.2 Å². The minimum atomic E-state index is -5.01. The van der Waals surface area contributed by atoms with Crippen molar-refractivity contribution in [2.24, 2.45) is 0 Å². The summed E-state index contributed by atoms with van der Waals surface area (Å²) in [5, 5.41) is 0. The van der Waals surface area contributed by atoms with Crippen molar-refractivity contribution in [1.82, 2.24) is 0 Å². The number of hydrogen-bond donors (Lipinski definition) is 0. The van der Waals surface area contributed by atoms with Gasteiger partial charge < -0.3 is 23.6 Å². The molecule has 0 saturated carbocycles. The van der Waals surface area contributed by atoms with Crippen LogP contribution in [0.4, 0.5) is 0 Å². The van der Waals surface area contributed by atoms with Crippen LogP contribution in [0.25, 0.3) is 0 Å². The number of phosphoric ester groups is 1. The summed E-state index contributed by atoms with van der Waals surface area (Å²) in [7, 11) is -3.66. The molecular weight excluding hydrogens is 195 g/mol. The second-order valence-corrected chi connectivity index (χ2v) is 3.27. The quantitative estimate of drug-likeness (QED) is 0.639. The van der Waals surface area contributed by atoms with Crippen LogP contribution in [-0.4, -0.2) is 7.11 Å². The normalized spacial score (nSPS) is 11.0. The Kier molecular flexibility index (Phi) is 2.93. The highest BCUT2D eigenvalue weighted by molar-refractivity contribution is 7.43. The molecule has 1 aromatic rings. The van der Waals surface area contributed by atoms with E-state index in [9.17, 15) is 14.4 Å². The molecule has 0 aromatic heterocycles. The van der Waals surface area contributed by atoms with Gasteiger partial charge in [-0.3, -0.25) is 0 Å². The van der Waals surface area contributed by atoms with Crippen LogP contribution in [0, 0.1) is 0 Å². The van der Waals surface area contributed by atoms with E-state index in [4.69, 9.17) is 4.74 Å². The van der Waals surface area contributed by atoms with E-state index in [1.165, 1.54) is 25.3 Å². The third kappa shape index (κ3) is 3.06. The lowest BCUT2D eigenvalue weighted by atomic mass is 10.3. The maximum Gasteiger partial charge on any atom is 0.166 e. The van der Waals surface area contributed by atoms with E-state index in [1.807, 2.05) is 0 Å². The van der Waals surface area contributed by atoms with Gasteiger partial charge in [-0.05, 0) is 12.1 Å². The molecule has 0 bridgehead atoms. The third-order valence-electron chi connectivity index (χ3n) is 1.28. The molecule has 0 heterocycles. The van der Waals surface area contributed by atoms with Crippen molar-refractivity contribution in [3.05, 3.63) is 24.3 Å². The Morgan fingerprint density at radius 3 is 2.23 bits per heavy atom. The van der Waals surface area contributed by atoms with Crippen LogP contribution in [0.15, 0.2) is 24.3 Å². The van der Waals surface area contributed by atoms with Gasteiger partial charge in [0.15, 0.2) is 11.5 Å². The average Bonchev–Trinajstić information content (AvgIpc) is 2.02. The van der Waals surface area contributed by atoms with Crippen molar-refractivity contribution in [3.63, 3.8) is 0 Å². The predicted octanol–water partition coefficient (Wildman–Crippen LogP) is -0.0973. The van der Waals surface area contributed by atoms with E-state index in [0.717, 1.165) is 0 Å². The number of phosphoric acid groups is 1. The molecule has 1 rings (SSSR count). The van der Waals surface area contributed by atoms with Gasteiger partial charge in [-0.25, -0.2) is 0 Å². The van der Waals surface area contributed by atoms with Gasteiger partial charge in [-0.1, -0.05) is 12.1 Å². The largest absolute Gasteiger partial charge is 0.780 e. The van der Waals surface area contributed by atoms with Gasteiger partial charge in [0, 0.05) is 0 Å². The van der Waals surface area contributed by atoms with Crippen molar-refractivity contribution in [2.75, 3.05) is 7.11 Å². The molecule has 0 aliphatic rings. The lowest BCUT2D eigenvalue weighted by Gasteiger charge is -2.29. The van der Waals surface area contributed by atoms with Gasteiger partial charge in [0.2, 0.25) is 0 Å². The van der Waals surface area contributed by atoms with Crippen LogP contribution >= 0.6 is 7.82 Å². The van der Waals surface area contributed by atoms with Crippen molar-refractivity contribution in [1.29, 1.82) is 0 Å². The number of hydrogen-bond acceptors (Lipinski definition) is 5. The SMILES string of the molecule is COc1ccccc1OP(=O)([O-])[O-]. The zero-order valence-corrected chi connectivity index (χ0v) is 7.69. The van der Waals surface area contributed by atoms with E-state index in [0.29, 0.717) is 0 Å². The molecule has 0 unspecified atom stereocenters. The summed E-state index contributed by atoms with van der Waals surface area (Å²) in [5.41, 5.74) is 0. The van der Waals surface area contributed by atoms with E-state index >= 15 is 0 Å². The van der Waals surface area contributed by atoms with Crippen LogP contribution in [-0.2, 0) is 4.57 Å². The van der Waals surface area contributed by atoms with Gasteiger partial charge >= 0.3 is 0 Å². The van der Waals surface area contributed by atoms with Crippen LogP contribution in [0.5, 0.6) is 11.5 Å². The lowest BCUT2D eigenvalue weighted by molar-refractivity contribution is -0.333. The van der Waals surface area contributed by atoms with E-state index in [1.54, 1.807) is 6.07 Å². The molecule has 0 spiro atoms. The fraction of sp³-hybridized carbons (Fsp3) is 0.143. The Morgan fingerprint density at radius 1 is 1.23 bits per heavy atom. The molecule has 0 fully saturated rings. The van der Waals surface area contributed by atoms with Crippen molar-refractivity contribution < 1.29 is 23.6 Å². The third-order valence-corrected chi connectivity index (χ3v) is 1.70. The van der Waals surface area contributed by atoms with E-state index < -0.39 is 7.82 Å². The summed E-state index contributed by atoms with van der Waals surface area (Å²) in [6.07, 6.45) is 0. The molecule has 5 nitrogen and oxygen atoms in total. The first-order valence-electron chi connectivity index (χ1n) is 3.37. The van der Waals surface area contributed by atoms with Crippen LogP contribution < -0.4 is 19.0 Å². The Bertz CT molecular complexity index is 331. The maximum absolute atomic E-state index is 10.3. The number of ether oxygens (including phenoxy) is 1. The molecule has 13 heavy (non-hydrogen) atoms. The Balaban J connectivity index is 2.94. The molecule has 0 saturated heterocycles. The lowest BCUT2D eigenvalue weighted by Crippen LogP contribution is -2.18. The standard InChI is InChI=1S/C7H9O5P/c1-11-6-4-2-3-5-7(6)12-13(8,9)10/h2-5H,1H3,(H2,8,9,10)/p-2. The maximum atomic E-state index is 10.3. The number of benzene rings is 1. The topological polar surface area (TPSA) is 81.7 Å². The highest BCUT2D eigenvalue weighted by Crippen LogP contribution is 2.35. The van der Waals surface area contributed by atoms with Crippen molar-refractivity contribution in [2.45, 2.75) is 0 Å². The zero-order chi connectivity index (χ0) is 9.90. The summed E-state index contributed by atoms with van der Waals surface area (Å²) >= 11 is 0. The molecule has 1 aromatic carbocycles. The molecule has 0 radical (unpaired) electrons. The van der Waals surface area contributed by atoms with Gasteiger partial charge in [0.05, 0.1) is 7.11 Å². The first-order valence-corrected chi connectivity index (χ1v) is 4.83. The smallest absolute Gasteiger partial charge is 0.166 e. The second-order valence-electron chi connectivity index (χ2n) is 2.19. The number of para-hydroxylation sites is 2. The summed E-state index contributed by atoms with van der Waals surface area (Å²) in [5.74, 6) is 0.104. The van der Waals surface area contributed by atoms with Crippen molar-refractivity contribution >= 4 is 7.82 Å². The second kappa shape index (κ2) is 3.79. The monoisotopic (exact) mass is 202 g/mol. The van der Waals surface area contributed by atoms with Crippen LogP contribution in [0.3, 0.4) is 0 Å². The summed E-state index contributed by atoms with van der Waals surface area (Å²) in [4.78, 5) is 20.5. The van der Waals surface area contributed by atoms with Gasteiger partial charge in [-0.2, -0.15) is 0 Å². The molecule has 72 valence electrons. The van der Waals surface area contributed by atoms with Crippen molar-refractivity contribution in [3.8, 4) is 11.5 Å². The van der Waals surface area contributed by atoms with Gasteiger partial charge in [0.1, 0.15) is 7.82 Å². The number of rotatable bonds is 3. The summed E-state index contributed by atoms with van der Waals surface area (Å²) in [6, 6.07) is 5.99. The molecular formula is C7H7O5P-2. The fourth-order valence-electron chi connectivity index (χ4n) is 0.815. The fourth-order valence-corrected chi connectivity index (χ4v) is 1.21. The van der Waals surface area contributed by atoms with Crippen LogP contribution in [0.1, 0.15) is 0 Å². The van der Waals surface area contributed by atoms with Gasteiger partial charge in [-0.15, -0.1) is 0 Å². The highest BCUT2D eigenvalue weighted by Gasteiger charge is 2.03. The zero-order valence-electron chi connectivity index (χ0n) is 6.80. The average molecular weight is 202 g/mol. The molecule has 6 heteroatoms. The first kappa shape index (κ1) is 10.1. The molecule has 0 N–H and O–H groups in total. The minimum absolute atomic E-state index is 0.0988. The first-order chi connectivity index (χ1) is 6.03. The molecule has 0 aliphatic carbocycles. The predicted molar refractivity (Wildman–Crippen MR) is 41.2 cm³/mol. The van der Waals surface area contributed by atoms with Crippen LogP contribution in [0.2, 0.25) is 0 Å². The molecule has 0 atom stereocenters. The Hall–Kier alpha value is -1.03.